The fourth-order valence-electron chi connectivity index (χ4n) is 6.89. The predicted octanol–water partition coefficient (Wildman–Crippen LogP) is 4.03. The maximum absolute atomic E-state index is 14.7. The molecule has 0 aromatic heterocycles. The Bertz CT molecular complexity index is 1100. The summed E-state index contributed by atoms with van der Waals surface area (Å²) in [7, 11) is 1.73. The van der Waals surface area contributed by atoms with Gasteiger partial charge in [-0.1, -0.05) is 71.8 Å². The molecule has 3 amide bonds. The number of fused-ring (bicyclic) bond motifs is 1. The van der Waals surface area contributed by atoms with E-state index in [1.807, 2.05) is 42.2 Å². The van der Waals surface area contributed by atoms with Gasteiger partial charge in [0, 0.05) is 36.3 Å². The molecule has 212 valence electrons. The third-order valence-corrected chi connectivity index (χ3v) is 11.8. The molecule has 8 atom stereocenters. The number of nitrogens with zero attached hydrogens (tertiary/aromatic N) is 3. The van der Waals surface area contributed by atoms with E-state index in [0.29, 0.717) is 19.5 Å². The van der Waals surface area contributed by atoms with Crippen LogP contribution in [0.15, 0.2) is 55.6 Å². The molecule has 1 N–H and O–H groups in total. The first-order valence-electron chi connectivity index (χ1n) is 13.8. The molecule has 4 rings (SSSR count). The van der Waals surface area contributed by atoms with Gasteiger partial charge in [-0.05, 0) is 25.3 Å². The normalized spacial score (nSPS) is 30.5. The molecule has 4 unspecified atom stereocenters. The minimum Gasteiger partial charge on any atom is -0.394 e. The number of aliphatic hydroxyl groups excluding tert-OH is 1. The molecule has 3 heterocycles. The number of alkyl halides is 1. The van der Waals surface area contributed by atoms with Crippen LogP contribution in [0.1, 0.15) is 44.7 Å². The van der Waals surface area contributed by atoms with Crippen LogP contribution in [0.4, 0.5) is 0 Å². The lowest BCUT2D eigenvalue weighted by molar-refractivity contribution is -0.147. The minimum atomic E-state index is -0.816. The Morgan fingerprint density at radius 1 is 1.23 bits per heavy atom. The highest BCUT2D eigenvalue weighted by atomic mass is 79.9. The lowest BCUT2D eigenvalue weighted by Gasteiger charge is -2.41. The van der Waals surface area contributed by atoms with Crippen LogP contribution < -0.4 is 0 Å². The maximum atomic E-state index is 14.7. The van der Waals surface area contributed by atoms with Gasteiger partial charge in [0.15, 0.2) is 0 Å². The largest absolute Gasteiger partial charge is 0.394 e. The number of rotatable bonds is 12. The van der Waals surface area contributed by atoms with E-state index in [1.165, 1.54) is 0 Å². The summed E-state index contributed by atoms with van der Waals surface area (Å²) in [6.45, 7) is 12.2. The van der Waals surface area contributed by atoms with Crippen molar-refractivity contribution in [1.82, 2.24) is 14.7 Å². The van der Waals surface area contributed by atoms with Gasteiger partial charge in [0.1, 0.15) is 6.04 Å². The molecule has 7 nitrogen and oxygen atoms in total. The van der Waals surface area contributed by atoms with Crippen LogP contribution in [-0.2, 0) is 14.4 Å². The van der Waals surface area contributed by atoms with Gasteiger partial charge in [-0.25, -0.2) is 0 Å². The number of carbonyl (C=O) groups excluding carboxylic acids is 3. The number of thioether (sulfide) groups is 1. The van der Waals surface area contributed by atoms with Crippen molar-refractivity contribution >= 4 is 45.4 Å². The second kappa shape index (κ2) is 12.2. The molecular formula is C30H40BrN3O4S. The topological polar surface area (TPSA) is 81.2 Å². The molecule has 2 bridgehead atoms. The van der Waals surface area contributed by atoms with Crippen molar-refractivity contribution in [2.45, 2.75) is 66.1 Å². The molecule has 39 heavy (non-hydrogen) atoms. The van der Waals surface area contributed by atoms with E-state index in [2.05, 4.69) is 36.0 Å². The first kappa shape index (κ1) is 29.9. The third-order valence-electron chi connectivity index (χ3n) is 8.57. The zero-order chi connectivity index (χ0) is 28.5. The van der Waals surface area contributed by atoms with Crippen LogP contribution in [0, 0.1) is 11.8 Å². The van der Waals surface area contributed by atoms with Gasteiger partial charge in [-0.3, -0.25) is 14.4 Å². The van der Waals surface area contributed by atoms with E-state index < -0.39 is 28.7 Å². The van der Waals surface area contributed by atoms with Crippen LogP contribution >= 0.6 is 27.7 Å². The predicted molar refractivity (Wildman–Crippen MR) is 159 cm³/mol. The summed E-state index contributed by atoms with van der Waals surface area (Å²) in [5.74, 6) is -1.69. The molecule has 0 aliphatic carbocycles. The number of benzene rings is 1. The Kier molecular flexibility index (Phi) is 9.33. The molecule has 3 saturated heterocycles. The highest BCUT2D eigenvalue weighted by Crippen LogP contribution is 2.68. The van der Waals surface area contributed by atoms with Crippen LogP contribution in [0.2, 0.25) is 0 Å². The third kappa shape index (κ3) is 4.99. The average Bonchev–Trinajstić information content (AvgIpc) is 3.51. The van der Waals surface area contributed by atoms with Gasteiger partial charge in [0.2, 0.25) is 17.7 Å². The summed E-state index contributed by atoms with van der Waals surface area (Å²) >= 11 is 5.45. The molecule has 3 aliphatic rings. The van der Waals surface area contributed by atoms with E-state index in [9.17, 15) is 19.5 Å². The Labute approximate surface area is 244 Å². The summed E-state index contributed by atoms with van der Waals surface area (Å²) in [5, 5.41) is 10.5. The highest BCUT2D eigenvalue weighted by molar-refractivity contribution is 9.09. The monoisotopic (exact) mass is 617 g/mol. The number of likely N-dealkylation sites (tertiary alicyclic amines) is 1. The van der Waals surface area contributed by atoms with E-state index in [0.717, 1.165) is 18.4 Å². The van der Waals surface area contributed by atoms with Crippen LogP contribution in [0.5, 0.6) is 0 Å². The molecule has 9 heteroatoms. The average molecular weight is 619 g/mol. The summed E-state index contributed by atoms with van der Waals surface area (Å²) in [6.07, 6.45) is 5.73. The first-order valence-corrected chi connectivity index (χ1v) is 15.5. The van der Waals surface area contributed by atoms with E-state index in [1.54, 1.807) is 40.8 Å². The van der Waals surface area contributed by atoms with Crippen LogP contribution in [0.25, 0.3) is 0 Å². The molecule has 0 saturated carbocycles. The second-order valence-electron chi connectivity index (χ2n) is 10.9. The number of hydrogen-bond donors (Lipinski definition) is 1. The lowest BCUT2D eigenvalue weighted by atomic mass is 9.70. The zero-order valence-electron chi connectivity index (χ0n) is 23.0. The summed E-state index contributed by atoms with van der Waals surface area (Å²) in [5.41, 5.74) is 0.765. The number of likely N-dealkylation sites (N-methyl/N-ethyl adjacent to an activating group) is 1. The van der Waals surface area contributed by atoms with Gasteiger partial charge in [0.05, 0.1) is 29.2 Å². The van der Waals surface area contributed by atoms with Crippen molar-refractivity contribution in [2.75, 3.05) is 26.7 Å². The molecule has 3 fully saturated rings. The van der Waals surface area contributed by atoms with Gasteiger partial charge in [0.25, 0.3) is 0 Å². The van der Waals surface area contributed by atoms with Gasteiger partial charge in [-0.2, -0.15) is 0 Å². The number of amides is 3. The van der Waals surface area contributed by atoms with Crippen LogP contribution in [0.3, 0.4) is 0 Å². The van der Waals surface area contributed by atoms with E-state index in [4.69, 9.17) is 0 Å². The fourth-order valence-corrected chi connectivity index (χ4v) is 10.5. The maximum Gasteiger partial charge on any atom is 0.247 e. The summed E-state index contributed by atoms with van der Waals surface area (Å²) in [4.78, 5) is 48.1. The minimum absolute atomic E-state index is 0.0156. The van der Waals surface area contributed by atoms with Crippen molar-refractivity contribution < 1.29 is 19.5 Å². The van der Waals surface area contributed by atoms with Crippen molar-refractivity contribution in [1.29, 1.82) is 0 Å². The van der Waals surface area contributed by atoms with Crippen molar-refractivity contribution in [3.8, 4) is 0 Å². The molecule has 0 radical (unpaired) electrons. The first-order chi connectivity index (χ1) is 18.7. The number of halogens is 1. The van der Waals surface area contributed by atoms with Crippen molar-refractivity contribution in [2.24, 2.45) is 11.8 Å². The molecule has 1 aromatic rings. The second-order valence-corrected chi connectivity index (χ2v) is 13.7. The van der Waals surface area contributed by atoms with Crippen LogP contribution in [-0.4, -0.2) is 91.2 Å². The number of carbonyl (C=O) groups is 3. The van der Waals surface area contributed by atoms with Gasteiger partial charge < -0.3 is 19.8 Å². The molecule has 1 aromatic carbocycles. The summed E-state index contributed by atoms with van der Waals surface area (Å²) in [6, 6.07) is 7.81. The quantitative estimate of drug-likeness (QED) is 0.283. The SMILES string of the molecule is C=CCN(C)C(=O)[C@H]1[C@H]2C(=O)N([C@H](CO)c3ccccc3)C(C(=O)N(CC=C)C(C)CCC)C23CC(Br)[C@@H]1S3. The smallest absolute Gasteiger partial charge is 0.247 e. The van der Waals surface area contributed by atoms with E-state index >= 15 is 0 Å². The zero-order valence-corrected chi connectivity index (χ0v) is 25.4. The van der Waals surface area contributed by atoms with Gasteiger partial charge in [-0.15, -0.1) is 24.9 Å². The Morgan fingerprint density at radius 2 is 1.90 bits per heavy atom. The standard InChI is InChI=1S/C30H40BrN3O4S/c1-6-12-19(4)33(16-8-3)29(38)26-30-17-21(31)25(39-30)23(27(36)32(5)15-7-2)24(30)28(37)34(26)22(18-35)20-13-10-9-11-14-20/h7-11,13-14,19,21-26,35H,2-3,6,12,15-18H2,1,4-5H3/t19?,21?,22-,23+,24+,25+,26?,30?/m1/s1. The lowest BCUT2D eigenvalue weighted by Crippen LogP contribution is -2.57. The fraction of sp³-hybridized carbons (Fsp3) is 0.567. The molecule has 1 spiro atoms. The van der Waals surface area contributed by atoms with Crippen molar-refractivity contribution in [3.05, 3.63) is 61.2 Å². The van der Waals surface area contributed by atoms with Crippen molar-refractivity contribution in [3.63, 3.8) is 0 Å². The Morgan fingerprint density at radius 3 is 2.49 bits per heavy atom. The van der Waals surface area contributed by atoms with E-state index in [-0.39, 0.29) is 40.4 Å². The molecular weight excluding hydrogens is 578 g/mol. The Hall–Kier alpha value is -2.10. The van der Waals surface area contributed by atoms with Gasteiger partial charge >= 0.3 is 0 Å². The summed E-state index contributed by atoms with van der Waals surface area (Å²) < 4.78 is -0.782. The number of aliphatic hydroxyl groups is 1. The molecule has 3 aliphatic heterocycles. The highest BCUT2D eigenvalue weighted by Gasteiger charge is 2.76. The Balaban J connectivity index is 1.87. The number of hydrogen-bond acceptors (Lipinski definition) is 5.